The summed E-state index contributed by atoms with van der Waals surface area (Å²) in [5, 5.41) is 9.49. The molecule has 0 unspecified atom stereocenters. The average Bonchev–Trinajstić information content (AvgIpc) is 2.97. The number of rotatable bonds is 5. The summed E-state index contributed by atoms with van der Waals surface area (Å²) in [5.74, 6) is -0.0574. The number of hydrogen-bond acceptors (Lipinski definition) is 2. The van der Waals surface area contributed by atoms with Crippen LogP contribution in [0, 0.1) is 0 Å². The molecule has 90 valence electrons. The zero-order valence-electron chi connectivity index (χ0n) is 9.81. The number of aromatic amines is 1. The molecule has 5 nitrogen and oxygen atoms in total. The van der Waals surface area contributed by atoms with Gasteiger partial charge in [0.15, 0.2) is 0 Å². The standard InChI is InChI=1S/C12H16N4O/c1-2-7-16-8-3-4-11(16)12(17)13-9-10-5-6-14-15-10/h3-6,8H,2,7,9H2,1H3,(H,13,17)(H,14,15). The highest BCUT2D eigenvalue weighted by Gasteiger charge is 2.09. The van der Waals surface area contributed by atoms with Crippen molar-refractivity contribution in [3.05, 3.63) is 42.0 Å². The summed E-state index contributed by atoms with van der Waals surface area (Å²) in [6.07, 6.45) is 4.60. The van der Waals surface area contributed by atoms with Gasteiger partial charge in [0.25, 0.3) is 5.91 Å². The quantitative estimate of drug-likeness (QED) is 0.821. The number of hydrogen-bond donors (Lipinski definition) is 2. The Kier molecular flexibility index (Phi) is 3.59. The minimum absolute atomic E-state index is 0.0574. The van der Waals surface area contributed by atoms with E-state index < -0.39 is 0 Å². The van der Waals surface area contributed by atoms with Crippen LogP contribution in [0.15, 0.2) is 30.6 Å². The lowest BCUT2D eigenvalue weighted by Gasteiger charge is -2.07. The van der Waals surface area contributed by atoms with Gasteiger partial charge in [-0.05, 0) is 24.6 Å². The van der Waals surface area contributed by atoms with Crippen molar-refractivity contribution in [1.29, 1.82) is 0 Å². The molecule has 2 heterocycles. The van der Waals surface area contributed by atoms with Crippen LogP contribution in [0.2, 0.25) is 0 Å². The van der Waals surface area contributed by atoms with E-state index in [9.17, 15) is 4.79 Å². The van der Waals surface area contributed by atoms with E-state index in [-0.39, 0.29) is 5.91 Å². The van der Waals surface area contributed by atoms with Crippen LogP contribution < -0.4 is 5.32 Å². The minimum Gasteiger partial charge on any atom is -0.345 e. The topological polar surface area (TPSA) is 62.7 Å². The van der Waals surface area contributed by atoms with Gasteiger partial charge in [0.1, 0.15) is 5.69 Å². The fourth-order valence-electron chi connectivity index (χ4n) is 1.71. The van der Waals surface area contributed by atoms with Crippen molar-refractivity contribution in [3.63, 3.8) is 0 Å². The first kappa shape index (κ1) is 11.4. The molecule has 2 aromatic rings. The third-order valence-electron chi connectivity index (χ3n) is 2.52. The molecular weight excluding hydrogens is 216 g/mol. The van der Waals surface area contributed by atoms with Crippen molar-refractivity contribution < 1.29 is 4.79 Å². The Morgan fingerprint density at radius 1 is 1.53 bits per heavy atom. The van der Waals surface area contributed by atoms with Crippen molar-refractivity contribution in [3.8, 4) is 0 Å². The van der Waals surface area contributed by atoms with Crippen molar-refractivity contribution in [2.24, 2.45) is 0 Å². The molecule has 0 aliphatic rings. The average molecular weight is 232 g/mol. The van der Waals surface area contributed by atoms with Crippen LogP contribution in [0.4, 0.5) is 0 Å². The van der Waals surface area contributed by atoms with Gasteiger partial charge in [-0.1, -0.05) is 6.92 Å². The Balaban J connectivity index is 1.97. The van der Waals surface area contributed by atoms with Crippen LogP contribution in [-0.2, 0) is 13.1 Å². The molecule has 0 radical (unpaired) electrons. The number of carbonyl (C=O) groups excluding carboxylic acids is 1. The van der Waals surface area contributed by atoms with Gasteiger partial charge in [0, 0.05) is 18.9 Å². The second kappa shape index (κ2) is 5.34. The first-order valence-corrected chi connectivity index (χ1v) is 5.73. The number of carbonyl (C=O) groups is 1. The highest BCUT2D eigenvalue weighted by molar-refractivity contribution is 5.92. The number of H-pyrrole nitrogens is 1. The fourth-order valence-corrected chi connectivity index (χ4v) is 1.71. The van der Waals surface area contributed by atoms with Crippen LogP contribution in [0.25, 0.3) is 0 Å². The van der Waals surface area contributed by atoms with Gasteiger partial charge in [-0.3, -0.25) is 9.89 Å². The summed E-state index contributed by atoms with van der Waals surface area (Å²) in [7, 11) is 0. The molecule has 2 aromatic heterocycles. The van der Waals surface area contributed by atoms with Gasteiger partial charge >= 0.3 is 0 Å². The highest BCUT2D eigenvalue weighted by Crippen LogP contribution is 2.04. The van der Waals surface area contributed by atoms with E-state index in [2.05, 4.69) is 22.4 Å². The second-order valence-corrected chi connectivity index (χ2v) is 3.85. The summed E-state index contributed by atoms with van der Waals surface area (Å²) in [6.45, 7) is 3.42. The van der Waals surface area contributed by atoms with Crippen LogP contribution >= 0.6 is 0 Å². The predicted molar refractivity (Wildman–Crippen MR) is 64.5 cm³/mol. The first-order chi connectivity index (χ1) is 8.31. The zero-order valence-corrected chi connectivity index (χ0v) is 9.81. The Hall–Kier alpha value is -2.04. The summed E-state index contributed by atoms with van der Waals surface area (Å²) in [5.41, 5.74) is 1.60. The Bertz CT molecular complexity index is 472. The normalized spacial score (nSPS) is 10.4. The Labute approximate surface area is 99.8 Å². The highest BCUT2D eigenvalue weighted by atomic mass is 16.1. The van der Waals surface area contributed by atoms with Gasteiger partial charge in [-0.2, -0.15) is 5.10 Å². The third kappa shape index (κ3) is 2.75. The van der Waals surface area contributed by atoms with E-state index >= 15 is 0 Å². The molecule has 2 N–H and O–H groups in total. The van der Waals surface area contributed by atoms with Gasteiger partial charge in [-0.25, -0.2) is 0 Å². The molecule has 0 bridgehead atoms. The molecule has 0 fully saturated rings. The van der Waals surface area contributed by atoms with Gasteiger partial charge in [-0.15, -0.1) is 0 Å². The van der Waals surface area contributed by atoms with E-state index in [4.69, 9.17) is 0 Å². The largest absolute Gasteiger partial charge is 0.345 e. The zero-order chi connectivity index (χ0) is 12.1. The molecular formula is C12H16N4O. The maximum Gasteiger partial charge on any atom is 0.268 e. The monoisotopic (exact) mass is 232 g/mol. The molecule has 17 heavy (non-hydrogen) atoms. The van der Waals surface area contributed by atoms with Crippen molar-refractivity contribution in [2.75, 3.05) is 0 Å². The molecule has 5 heteroatoms. The molecule has 0 aromatic carbocycles. The van der Waals surface area contributed by atoms with Crippen LogP contribution in [0.1, 0.15) is 29.5 Å². The van der Waals surface area contributed by atoms with E-state index in [1.807, 2.05) is 29.0 Å². The smallest absolute Gasteiger partial charge is 0.268 e. The van der Waals surface area contributed by atoms with Crippen molar-refractivity contribution >= 4 is 5.91 Å². The lowest BCUT2D eigenvalue weighted by molar-refractivity contribution is 0.0941. The third-order valence-corrected chi connectivity index (χ3v) is 2.52. The fraction of sp³-hybridized carbons (Fsp3) is 0.333. The number of amides is 1. The Morgan fingerprint density at radius 2 is 2.41 bits per heavy atom. The van der Waals surface area contributed by atoms with Gasteiger partial charge < -0.3 is 9.88 Å². The number of aromatic nitrogens is 3. The molecule has 0 aliphatic heterocycles. The Morgan fingerprint density at radius 3 is 3.12 bits per heavy atom. The second-order valence-electron chi connectivity index (χ2n) is 3.85. The lowest BCUT2D eigenvalue weighted by Crippen LogP contribution is -2.25. The maximum absolute atomic E-state index is 11.9. The predicted octanol–water partition coefficient (Wildman–Crippen LogP) is 1.55. The summed E-state index contributed by atoms with van der Waals surface area (Å²) >= 11 is 0. The van der Waals surface area contributed by atoms with Crippen LogP contribution in [0.3, 0.4) is 0 Å². The van der Waals surface area contributed by atoms with Crippen molar-refractivity contribution in [2.45, 2.75) is 26.4 Å². The molecule has 0 aliphatic carbocycles. The van der Waals surface area contributed by atoms with Gasteiger partial charge in [0.05, 0.1) is 12.2 Å². The lowest BCUT2D eigenvalue weighted by atomic mass is 10.3. The minimum atomic E-state index is -0.0574. The van der Waals surface area contributed by atoms with E-state index in [0.717, 1.165) is 18.7 Å². The van der Waals surface area contributed by atoms with E-state index in [1.165, 1.54) is 0 Å². The molecule has 0 spiro atoms. The molecule has 0 atom stereocenters. The number of nitrogens with one attached hydrogen (secondary N) is 2. The maximum atomic E-state index is 11.9. The molecule has 0 saturated carbocycles. The van der Waals surface area contributed by atoms with E-state index in [1.54, 1.807) is 6.20 Å². The van der Waals surface area contributed by atoms with Crippen LogP contribution in [0.5, 0.6) is 0 Å². The molecule has 0 saturated heterocycles. The SMILES string of the molecule is CCCn1cccc1C(=O)NCc1ccn[nH]1. The van der Waals surface area contributed by atoms with E-state index in [0.29, 0.717) is 12.2 Å². The summed E-state index contributed by atoms with van der Waals surface area (Å²) < 4.78 is 1.96. The first-order valence-electron chi connectivity index (χ1n) is 5.73. The number of nitrogens with zero attached hydrogens (tertiary/aromatic N) is 2. The summed E-state index contributed by atoms with van der Waals surface area (Å²) in [6, 6.07) is 5.56. The molecule has 2 rings (SSSR count). The van der Waals surface area contributed by atoms with Crippen molar-refractivity contribution in [1.82, 2.24) is 20.1 Å². The number of aryl methyl sites for hydroxylation is 1. The van der Waals surface area contributed by atoms with Gasteiger partial charge in [0.2, 0.25) is 0 Å². The molecule has 1 amide bonds. The summed E-state index contributed by atoms with van der Waals surface area (Å²) in [4.78, 5) is 11.9. The van der Waals surface area contributed by atoms with Crippen LogP contribution in [-0.4, -0.2) is 20.7 Å².